The monoisotopic (exact) mass is 467 g/mol. The van der Waals surface area contributed by atoms with E-state index in [1.165, 1.54) is 17.7 Å². The van der Waals surface area contributed by atoms with Crippen LogP contribution in [0.2, 0.25) is 0 Å². The lowest BCUT2D eigenvalue weighted by molar-refractivity contribution is -0.137. The molecule has 1 aromatic carbocycles. The minimum atomic E-state index is -4.33. The molecule has 2 aliphatic heterocycles. The van der Waals surface area contributed by atoms with Crippen LogP contribution in [0.25, 0.3) is 11.2 Å². The number of allylic oxidation sites excluding steroid dienone is 1. The number of amides is 1. The molecule has 0 unspecified atom stereocenters. The van der Waals surface area contributed by atoms with Gasteiger partial charge in [0, 0.05) is 57.8 Å². The van der Waals surface area contributed by atoms with E-state index in [1.54, 1.807) is 11.1 Å². The normalized spacial score (nSPS) is 17.3. The van der Waals surface area contributed by atoms with Crippen molar-refractivity contribution in [3.63, 3.8) is 0 Å². The lowest BCUT2D eigenvalue weighted by atomic mass is 10.0. The summed E-state index contributed by atoms with van der Waals surface area (Å²) in [5.74, 6) is -0.108. The average Bonchev–Trinajstić information content (AvgIpc) is 3.28. The zero-order valence-electron chi connectivity index (χ0n) is 18.5. The summed E-state index contributed by atoms with van der Waals surface area (Å²) in [7, 11) is 0. The maximum Gasteiger partial charge on any atom is 0.416 e. The van der Waals surface area contributed by atoms with Gasteiger partial charge in [0.25, 0.3) is 5.91 Å². The van der Waals surface area contributed by atoms with Crippen LogP contribution >= 0.6 is 0 Å². The molecule has 2 aromatic heterocycles. The fraction of sp³-hybridized carbons (Fsp3) is 0.320. The van der Waals surface area contributed by atoms with Gasteiger partial charge < -0.3 is 9.30 Å². The summed E-state index contributed by atoms with van der Waals surface area (Å²) in [6.45, 7) is 3.64. The number of benzene rings is 1. The third-order valence-corrected chi connectivity index (χ3v) is 6.28. The minimum absolute atomic E-state index is 0.108. The van der Waals surface area contributed by atoms with Crippen molar-refractivity contribution in [1.29, 1.82) is 0 Å². The molecule has 1 saturated heterocycles. The van der Waals surface area contributed by atoms with Crippen molar-refractivity contribution >= 4 is 23.3 Å². The summed E-state index contributed by atoms with van der Waals surface area (Å²) in [4.78, 5) is 25.8. The number of pyridine rings is 1. The van der Waals surface area contributed by atoms with E-state index in [9.17, 15) is 18.0 Å². The number of aromatic nitrogens is 2. The molecule has 176 valence electrons. The maximum atomic E-state index is 13.0. The van der Waals surface area contributed by atoms with E-state index in [2.05, 4.69) is 21.0 Å². The molecule has 4 heterocycles. The number of imidazole rings is 1. The van der Waals surface area contributed by atoms with E-state index >= 15 is 0 Å². The van der Waals surface area contributed by atoms with Crippen LogP contribution < -0.4 is 0 Å². The Hall–Kier alpha value is -3.46. The quantitative estimate of drug-likeness (QED) is 0.579. The molecule has 0 radical (unpaired) electrons. The highest BCUT2D eigenvalue weighted by atomic mass is 19.4. The molecule has 34 heavy (non-hydrogen) atoms. The second-order valence-corrected chi connectivity index (χ2v) is 8.55. The molecule has 6 nitrogen and oxygen atoms in total. The van der Waals surface area contributed by atoms with Gasteiger partial charge in [-0.2, -0.15) is 13.2 Å². The highest BCUT2D eigenvalue weighted by Gasteiger charge is 2.30. The smallest absolute Gasteiger partial charge is 0.335 e. The second-order valence-electron chi connectivity index (χ2n) is 8.55. The molecule has 2 aliphatic rings. The lowest BCUT2D eigenvalue weighted by Crippen LogP contribution is -2.48. The van der Waals surface area contributed by atoms with E-state index in [4.69, 9.17) is 0 Å². The molecule has 3 aromatic rings. The molecule has 0 spiro atoms. The number of hydrogen-bond acceptors (Lipinski definition) is 4. The lowest BCUT2D eigenvalue weighted by Gasteiger charge is -2.34. The van der Waals surface area contributed by atoms with E-state index in [1.807, 2.05) is 28.9 Å². The molecule has 1 amide bonds. The molecule has 0 bridgehead atoms. The number of aliphatic imine (C=N–C) groups is 1. The summed E-state index contributed by atoms with van der Waals surface area (Å²) in [6.07, 6.45) is 4.16. The minimum Gasteiger partial charge on any atom is -0.335 e. The Kier molecular flexibility index (Phi) is 5.95. The Morgan fingerprint density at radius 2 is 1.79 bits per heavy atom. The first-order chi connectivity index (χ1) is 16.4. The predicted octanol–water partition coefficient (Wildman–Crippen LogP) is 4.17. The van der Waals surface area contributed by atoms with E-state index in [0.717, 1.165) is 35.3 Å². The van der Waals surface area contributed by atoms with Crippen LogP contribution in [0.3, 0.4) is 0 Å². The zero-order chi connectivity index (χ0) is 23.7. The van der Waals surface area contributed by atoms with Gasteiger partial charge in [-0.1, -0.05) is 18.2 Å². The first-order valence-electron chi connectivity index (χ1n) is 11.2. The Balaban J connectivity index is 1.20. The number of alkyl halides is 3. The highest BCUT2D eigenvalue weighted by Crippen LogP contribution is 2.29. The Morgan fingerprint density at radius 1 is 1.03 bits per heavy atom. The first kappa shape index (κ1) is 22.3. The van der Waals surface area contributed by atoms with Gasteiger partial charge in [0.15, 0.2) is 0 Å². The number of fused-ring (bicyclic) bond motifs is 1. The number of piperazine rings is 1. The molecule has 0 aliphatic carbocycles. The summed E-state index contributed by atoms with van der Waals surface area (Å²) < 4.78 is 40.1. The summed E-state index contributed by atoms with van der Waals surface area (Å²) in [5.41, 5.74) is 3.61. The van der Waals surface area contributed by atoms with Crippen molar-refractivity contribution in [3.05, 3.63) is 77.3 Å². The van der Waals surface area contributed by atoms with Crippen LogP contribution in [-0.4, -0.2) is 64.0 Å². The molecule has 1 fully saturated rings. The summed E-state index contributed by atoms with van der Waals surface area (Å²) >= 11 is 0. The van der Waals surface area contributed by atoms with Gasteiger partial charge in [0.05, 0.1) is 12.1 Å². The number of nitrogens with zero attached hydrogens (tertiary/aromatic N) is 5. The van der Waals surface area contributed by atoms with E-state index in [-0.39, 0.29) is 5.91 Å². The van der Waals surface area contributed by atoms with Crippen LogP contribution in [0.5, 0.6) is 0 Å². The molecular formula is C25H24F3N5O. The number of carbonyl (C=O) groups excluding carboxylic acids is 1. The number of rotatable bonds is 4. The van der Waals surface area contributed by atoms with Crippen LogP contribution in [-0.2, 0) is 12.7 Å². The van der Waals surface area contributed by atoms with Gasteiger partial charge in [0.1, 0.15) is 11.3 Å². The number of halogens is 3. The maximum absolute atomic E-state index is 13.0. The molecule has 5 rings (SSSR count). The van der Waals surface area contributed by atoms with Crippen molar-refractivity contribution in [3.8, 4) is 0 Å². The summed E-state index contributed by atoms with van der Waals surface area (Å²) in [6, 6.07) is 9.27. The number of hydrogen-bond donors (Lipinski definition) is 0. The summed E-state index contributed by atoms with van der Waals surface area (Å²) in [5, 5.41) is 0. The van der Waals surface area contributed by atoms with Crippen LogP contribution in [0, 0.1) is 0 Å². The number of carbonyl (C=O) groups is 1. The Labute approximate surface area is 195 Å². The fourth-order valence-electron chi connectivity index (χ4n) is 4.33. The van der Waals surface area contributed by atoms with Gasteiger partial charge in [-0.05, 0) is 41.0 Å². The largest absolute Gasteiger partial charge is 0.416 e. The fourth-order valence-corrected chi connectivity index (χ4v) is 4.33. The highest BCUT2D eigenvalue weighted by molar-refractivity contribution is 5.93. The topological polar surface area (TPSA) is 53.2 Å². The third-order valence-electron chi connectivity index (χ3n) is 6.28. The van der Waals surface area contributed by atoms with Crippen LogP contribution in [0.15, 0.2) is 59.9 Å². The van der Waals surface area contributed by atoms with Crippen molar-refractivity contribution in [2.45, 2.75) is 19.1 Å². The molecular weight excluding hydrogens is 443 g/mol. The molecule has 0 atom stereocenters. The Bertz CT molecular complexity index is 1250. The van der Waals surface area contributed by atoms with Gasteiger partial charge in [-0.3, -0.25) is 14.7 Å². The van der Waals surface area contributed by atoms with Gasteiger partial charge >= 0.3 is 6.18 Å². The second kappa shape index (κ2) is 9.06. The van der Waals surface area contributed by atoms with Gasteiger partial charge in [-0.15, -0.1) is 0 Å². The van der Waals surface area contributed by atoms with Gasteiger partial charge in [0.2, 0.25) is 0 Å². The number of dihydropyridines is 1. The SMILES string of the molecule is O=C(c1cn2ccc(C3=CCN=CC3)cc2n1)N1CCN(Cc2ccc(C(F)(F)F)cc2)CC1. The Morgan fingerprint density at radius 3 is 2.47 bits per heavy atom. The van der Waals surface area contributed by atoms with Crippen molar-refractivity contribution in [2.75, 3.05) is 32.7 Å². The van der Waals surface area contributed by atoms with Crippen molar-refractivity contribution < 1.29 is 18.0 Å². The van der Waals surface area contributed by atoms with E-state index in [0.29, 0.717) is 45.0 Å². The van der Waals surface area contributed by atoms with Crippen LogP contribution in [0.1, 0.15) is 33.6 Å². The van der Waals surface area contributed by atoms with Crippen molar-refractivity contribution in [2.24, 2.45) is 4.99 Å². The predicted molar refractivity (Wildman–Crippen MR) is 124 cm³/mol. The average molecular weight is 467 g/mol. The molecule has 0 saturated carbocycles. The standard InChI is InChI=1S/C25H24F3N5O/c26-25(27,28)21-3-1-18(2-4-21)16-31-11-13-32(14-12-31)24(34)22-17-33-10-7-20(15-23(33)30-22)19-5-8-29-9-6-19/h1-5,7,9-10,15,17H,6,8,11-14,16H2. The third kappa shape index (κ3) is 4.75. The van der Waals surface area contributed by atoms with Gasteiger partial charge in [-0.25, -0.2) is 4.98 Å². The molecule has 9 heteroatoms. The zero-order valence-corrected chi connectivity index (χ0v) is 18.5. The van der Waals surface area contributed by atoms with E-state index < -0.39 is 11.7 Å². The van der Waals surface area contributed by atoms with Crippen molar-refractivity contribution in [1.82, 2.24) is 19.2 Å². The molecule has 0 N–H and O–H groups in total. The van der Waals surface area contributed by atoms with Crippen LogP contribution in [0.4, 0.5) is 13.2 Å². The first-order valence-corrected chi connectivity index (χ1v) is 11.2.